The Balaban J connectivity index is 1.47. The number of benzene rings is 2. The molecule has 1 saturated heterocycles. The van der Waals surface area contributed by atoms with Crippen LogP contribution in [0.25, 0.3) is 21.7 Å². The van der Waals surface area contributed by atoms with Crippen molar-refractivity contribution in [2.45, 2.75) is 0 Å². The average Bonchev–Trinajstić information content (AvgIpc) is 3.07. The first-order valence-electron chi connectivity index (χ1n) is 8.31. The molecule has 1 amide bonds. The minimum Gasteiger partial charge on any atom is -0.451 e. The molecule has 3 aromatic rings. The highest BCUT2D eigenvalue weighted by Crippen LogP contribution is 2.28. The lowest BCUT2D eigenvalue weighted by molar-refractivity contribution is 0.0382. The maximum Gasteiger partial charge on any atom is 0.287 e. The van der Waals surface area contributed by atoms with Crippen molar-refractivity contribution >= 4 is 27.6 Å². The van der Waals surface area contributed by atoms with Crippen molar-refractivity contribution in [1.29, 1.82) is 0 Å². The Morgan fingerprint density at radius 2 is 1.92 bits per heavy atom. The molecule has 0 spiro atoms. The van der Waals surface area contributed by atoms with Gasteiger partial charge in [0.2, 0.25) is 0 Å². The van der Waals surface area contributed by atoms with E-state index in [2.05, 4.69) is 16.3 Å². The van der Waals surface area contributed by atoms with E-state index >= 15 is 0 Å². The smallest absolute Gasteiger partial charge is 0.287 e. The highest BCUT2D eigenvalue weighted by atomic mass is 16.5. The molecule has 1 fully saturated rings. The zero-order valence-corrected chi connectivity index (χ0v) is 13.5. The van der Waals surface area contributed by atoms with E-state index in [0.717, 1.165) is 54.6 Å². The summed E-state index contributed by atoms with van der Waals surface area (Å²) in [6.07, 6.45) is 0. The summed E-state index contributed by atoms with van der Waals surface area (Å²) in [4.78, 5) is 14.6. The molecule has 0 aliphatic carbocycles. The number of ether oxygens (including phenoxy) is 1. The molecule has 1 aliphatic heterocycles. The van der Waals surface area contributed by atoms with Gasteiger partial charge in [-0.1, -0.05) is 30.3 Å². The van der Waals surface area contributed by atoms with E-state index in [1.807, 2.05) is 36.4 Å². The van der Waals surface area contributed by atoms with Crippen LogP contribution in [-0.2, 0) is 4.74 Å². The van der Waals surface area contributed by atoms with Crippen molar-refractivity contribution in [1.82, 2.24) is 10.2 Å². The van der Waals surface area contributed by atoms with Gasteiger partial charge in [-0.2, -0.15) is 0 Å². The number of carbonyl (C=O) groups excluding carboxylic acids is 1. The minimum atomic E-state index is -0.163. The summed E-state index contributed by atoms with van der Waals surface area (Å²) in [6, 6.07) is 13.9. The molecule has 0 atom stereocenters. The van der Waals surface area contributed by atoms with Gasteiger partial charge >= 0.3 is 0 Å². The molecule has 5 heteroatoms. The Bertz CT molecular complexity index is 865. The summed E-state index contributed by atoms with van der Waals surface area (Å²) in [5.41, 5.74) is 0.743. The van der Waals surface area contributed by atoms with E-state index in [1.165, 1.54) is 0 Å². The number of furan rings is 1. The van der Waals surface area contributed by atoms with Gasteiger partial charge in [-0.15, -0.1) is 0 Å². The van der Waals surface area contributed by atoms with Crippen LogP contribution in [0.5, 0.6) is 0 Å². The molecule has 1 aromatic heterocycles. The first-order valence-corrected chi connectivity index (χ1v) is 8.31. The van der Waals surface area contributed by atoms with Gasteiger partial charge in [0.05, 0.1) is 13.2 Å². The lowest BCUT2D eigenvalue weighted by Gasteiger charge is -2.26. The quantitative estimate of drug-likeness (QED) is 0.801. The summed E-state index contributed by atoms with van der Waals surface area (Å²) in [7, 11) is 0. The molecule has 0 saturated carbocycles. The number of morpholine rings is 1. The predicted octanol–water partition coefficient (Wildman–Crippen LogP) is 2.65. The minimum absolute atomic E-state index is 0.163. The lowest BCUT2D eigenvalue weighted by atomic mass is 10.1. The predicted molar refractivity (Wildman–Crippen MR) is 93.3 cm³/mol. The monoisotopic (exact) mass is 324 g/mol. The van der Waals surface area contributed by atoms with Gasteiger partial charge in [0.15, 0.2) is 5.76 Å². The van der Waals surface area contributed by atoms with E-state index in [9.17, 15) is 4.79 Å². The van der Waals surface area contributed by atoms with Crippen LogP contribution >= 0.6 is 0 Å². The summed E-state index contributed by atoms with van der Waals surface area (Å²) in [6.45, 7) is 4.82. The summed E-state index contributed by atoms with van der Waals surface area (Å²) >= 11 is 0. The normalized spacial score (nSPS) is 15.8. The van der Waals surface area contributed by atoms with Crippen LogP contribution in [0.3, 0.4) is 0 Å². The lowest BCUT2D eigenvalue weighted by Crippen LogP contribution is -2.41. The van der Waals surface area contributed by atoms with Gasteiger partial charge in [0.1, 0.15) is 5.58 Å². The largest absolute Gasteiger partial charge is 0.451 e. The maximum absolute atomic E-state index is 12.3. The van der Waals surface area contributed by atoms with Gasteiger partial charge in [-0.25, -0.2) is 0 Å². The topological polar surface area (TPSA) is 54.7 Å². The molecule has 24 heavy (non-hydrogen) atoms. The van der Waals surface area contributed by atoms with Crippen LogP contribution in [0.4, 0.5) is 0 Å². The molecule has 0 bridgehead atoms. The van der Waals surface area contributed by atoms with Gasteiger partial charge in [-0.05, 0) is 22.9 Å². The van der Waals surface area contributed by atoms with Crippen molar-refractivity contribution in [2.75, 3.05) is 39.4 Å². The van der Waals surface area contributed by atoms with Crippen LogP contribution in [0.2, 0.25) is 0 Å². The van der Waals surface area contributed by atoms with Gasteiger partial charge in [0.25, 0.3) is 5.91 Å². The molecular weight excluding hydrogens is 304 g/mol. The third-order valence-corrected chi connectivity index (χ3v) is 4.47. The van der Waals surface area contributed by atoms with E-state index in [0.29, 0.717) is 12.3 Å². The number of hydrogen-bond acceptors (Lipinski definition) is 4. The van der Waals surface area contributed by atoms with Crippen molar-refractivity contribution in [3.63, 3.8) is 0 Å². The second kappa shape index (κ2) is 6.63. The Labute approximate surface area is 140 Å². The molecule has 5 nitrogen and oxygen atoms in total. The molecular formula is C19H20N2O3. The first kappa shape index (κ1) is 15.2. The number of fused-ring (bicyclic) bond motifs is 3. The summed E-state index contributed by atoms with van der Waals surface area (Å²) < 4.78 is 11.1. The van der Waals surface area contributed by atoms with Crippen LogP contribution in [0.1, 0.15) is 10.6 Å². The molecule has 1 aliphatic rings. The molecule has 4 rings (SSSR count). The molecule has 2 heterocycles. The number of nitrogens with zero attached hydrogens (tertiary/aromatic N) is 1. The standard InChI is InChI=1S/C19H20N2O3/c22-19(20-7-8-21-9-11-23-12-10-21)18-13-16-15-4-2-1-3-14(15)5-6-17(16)24-18/h1-6,13H,7-12H2,(H,20,22). The third kappa shape index (κ3) is 3.00. The molecule has 124 valence electrons. The summed E-state index contributed by atoms with van der Waals surface area (Å²) in [5, 5.41) is 6.16. The van der Waals surface area contributed by atoms with E-state index in [-0.39, 0.29) is 5.91 Å². The van der Waals surface area contributed by atoms with E-state index in [4.69, 9.17) is 9.15 Å². The van der Waals surface area contributed by atoms with E-state index in [1.54, 1.807) is 0 Å². The van der Waals surface area contributed by atoms with Gasteiger partial charge in [0, 0.05) is 31.6 Å². The van der Waals surface area contributed by atoms with Crippen molar-refractivity contribution in [3.05, 3.63) is 48.2 Å². The highest BCUT2D eigenvalue weighted by Gasteiger charge is 2.15. The zero-order chi connectivity index (χ0) is 16.4. The Hall–Kier alpha value is -2.37. The number of carbonyl (C=O) groups is 1. The van der Waals surface area contributed by atoms with Crippen LogP contribution in [-0.4, -0.2) is 50.2 Å². The first-order chi connectivity index (χ1) is 11.8. The Morgan fingerprint density at radius 3 is 2.79 bits per heavy atom. The van der Waals surface area contributed by atoms with Gasteiger partial charge < -0.3 is 14.5 Å². The third-order valence-electron chi connectivity index (χ3n) is 4.47. The molecule has 0 unspecified atom stereocenters. The van der Waals surface area contributed by atoms with Gasteiger partial charge in [-0.3, -0.25) is 9.69 Å². The van der Waals surface area contributed by atoms with Crippen LogP contribution < -0.4 is 5.32 Å². The summed E-state index contributed by atoms with van der Waals surface area (Å²) in [5.74, 6) is 0.201. The van der Waals surface area contributed by atoms with Crippen molar-refractivity contribution in [3.8, 4) is 0 Å². The highest BCUT2D eigenvalue weighted by molar-refractivity contribution is 6.08. The number of amides is 1. The molecule has 0 radical (unpaired) electrons. The SMILES string of the molecule is O=C(NCCN1CCOCC1)c1cc2c(ccc3ccccc32)o1. The van der Waals surface area contributed by atoms with Crippen LogP contribution in [0.15, 0.2) is 46.9 Å². The zero-order valence-electron chi connectivity index (χ0n) is 13.5. The number of nitrogens with one attached hydrogen (secondary N) is 1. The fourth-order valence-corrected chi connectivity index (χ4v) is 3.14. The Morgan fingerprint density at radius 1 is 1.08 bits per heavy atom. The fourth-order valence-electron chi connectivity index (χ4n) is 3.14. The second-order valence-corrected chi connectivity index (χ2v) is 6.02. The fraction of sp³-hybridized carbons (Fsp3) is 0.316. The molecule has 1 N–H and O–H groups in total. The van der Waals surface area contributed by atoms with Crippen molar-refractivity contribution < 1.29 is 13.9 Å². The maximum atomic E-state index is 12.3. The molecule has 2 aromatic carbocycles. The van der Waals surface area contributed by atoms with Crippen LogP contribution in [0, 0.1) is 0 Å². The number of rotatable bonds is 4. The van der Waals surface area contributed by atoms with Crippen molar-refractivity contribution in [2.24, 2.45) is 0 Å². The number of hydrogen-bond donors (Lipinski definition) is 1. The average molecular weight is 324 g/mol. The second-order valence-electron chi connectivity index (χ2n) is 6.02. The Kier molecular flexibility index (Phi) is 4.19. The van der Waals surface area contributed by atoms with E-state index < -0.39 is 0 Å².